The van der Waals surface area contributed by atoms with E-state index in [1.807, 2.05) is 18.2 Å². The highest BCUT2D eigenvalue weighted by molar-refractivity contribution is 5.97. The van der Waals surface area contributed by atoms with Gasteiger partial charge in [-0.3, -0.25) is 29.9 Å². The molecule has 10 nitrogen and oxygen atoms in total. The van der Waals surface area contributed by atoms with Crippen molar-refractivity contribution in [1.29, 1.82) is 0 Å². The summed E-state index contributed by atoms with van der Waals surface area (Å²) in [6, 6.07) is 1.60. The van der Waals surface area contributed by atoms with Gasteiger partial charge in [0.2, 0.25) is 0 Å². The molecule has 0 radical (unpaired) electrons. The topological polar surface area (TPSA) is 136 Å². The van der Waals surface area contributed by atoms with Crippen LogP contribution in [0.1, 0.15) is 29.6 Å². The first kappa shape index (κ1) is 18.8. The molecule has 0 saturated heterocycles. The molecule has 3 rings (SSSR count). The highest BCUT2D eigenvalue weighted by atomic mass is 16.6. The molecule has 0 atom stereocenters. The van der Waals surface area contributed by atoms with Gasteiger partial charge >= 0.3 is 11.4 Å². The molecular formula is C18H15N3O7. The summed E-state index contributed by atoms with van der Waals surface area (Å²) < 4.78 is 5.41. The van der Waals surface area contributed by atoms with E-state index in [1.54, 1.807) is 0 Å². The average Bonchev–Trinajstić information content (AvgIpc) is 2.68. The number of nitro groups is 2. The Morgan fingerprint density at radius 1 is 1.21 bits per heavy atom. The number of rotatable bonds is 5. The molecule has 0 fully saturated rings. The molecule has 1 aromatic rings. The second-order valence-electron chi connectivity index (χ2n) is 6.06. The van der Waals surface area contributed by atoms with E-state index in [9.17, 15) is 30.1 Å². The van der Waals surface area contributed by atoms with Crippen molar-refractivity contribution >= 4 is 17.3 Å². The number of aromatic hydroxyl groups is 1. The van der Waals surface area contributed by atoms with Gasteiger partial charge in [-0.25, -0.2) is 0 Å². The number of hydrogen-bond donors (Lipinski definition) is 1. The fourth-order valence-corrected chi connectivity index (χ4v) is 2.80. The van der Waals surface area contributed by atoms with Gasteiger partial charge in [0, 0.05) is 24.8 Å². The molecule has 0 aromatic heterocycles. The minimum Gasteiger partial charge on any atom is -0.497 e. The Morgan fingerprint density at radius 3 is 2.46 bits per heavy atom. The molecule has 1 heterocycles. The fourth-order valence-electron chi connectivity index (χ4n) is 2.80. The van der Waals surface area contributed by atoms with E-state index >= 15 is 0 Å². The first-order valence-corrected chi connectivity index (χ1v) is 8.24. The van der Waals surface area contributed by atoms with E-state index in [4.69, 9.17) is 4.74 Å². The van der Waals surface area contributed by atoms with Crippen LogP contribution in [0.3, 0.4) is 0 Å². The maximum Gasteiger partial charge on any atom is 0.318 e. The number of allylic oxidation sites excluding steroid dienone is 4. The standard InChI is InChI=1S/C18H15N3O7/c22-17-15(20(24)25)9-13(10-16(17)21(26)27)18(23)19-6-7-28-14(11-19)8-12-4-2-1-3-5-12/h1-2,4,6-7,9-11,22H,3,5,8H2. The first-order valence-electron chi connectivity index (χ1n) is 8.24. The van der Waals surface area contributed by atoms with Gasteiger partial charge in [0.25, 0.3) is 11.7 Å². The highest BCUT2D eigenvalue weighted by Crippen LogP contribution is 2.37. The molecule has 0 unspecified atom stereocenters. The van der Waals surface area contributed by atoms with Crippen molar-refractivity contribution in [2.24, 2.45) is 0 Å². The summed E-state index contributed by atoms with van der Waals surface area (Å²) in [6.45, 7) is 0. The average molecular weight is 385 g/mol. The van der Waals surface area contributed by atoms with Crippen LogP contribution in [0.2, 0.25) is 0 Å². The lowest BCUT2D eigenvalue weighted by Gasteiger charge is -2.21. The first-order chi connectivity index (χ1) is 13.4. The quantitative estimate of drug-likeness (QED) is 0.603. The summed E-state index contributed by atoms with van der Waals surface area (Å²) in [7, 11) is 0. The van der Waals surface area contributed by atoms with Gasteiger partial charge in [0.05, 0.1) is 21.6 Å². The van der Waals surface area contributed by atoms with Crippen molar-refractivity contribution in [3.8, 4) is 5.75 Å². The van der Waals surface area contributed by atoms with Gasteiger partial charge in [-0.1, -0.05) is 23.8 Å². The van der Waals surface area contributed by atoms with Crippen molar-refractivity contribution in [3.05, 3.63) is 86.1 Å². The third-order valence-electron chi connectivity index (χ3n) is 4.17. The largest absolute Gasteiger partial charge is 0.497 e. The summed E-state index contributed by atoms with van der Waals surface area (Å²) in [4.78, 5) is 34.0. The van der Waals surface area contributed by atoms with Gasteiger partial charge < -0.3 is 9.84 Å². The predicted molar refractivity (Wildman–Crippen MR) is 97.0 cm³/mol. The molecule has 1 aromatic carbocycles. The van der Waals surface area contributed by atoms with Crippen LogP contribution >= 0.6 is 0 Å². The Bertz CT molecular complexity index is 940. The van der Waals surface area contributed by atoms with Crippen molar-refractivity contribution < 1.29 is 24.5 Å². The van der Waals surface area contributed by atoms with Gasteiger partial charge in [0.1, 0.15) is 12.0 Å². The zero-order valence-corrected chi connectivity index (χ0v) is 14.5. The van der Waals surface area contributed by atoms with Crippen LogP contribution in [0.4, 0.5) is 11.4 Å². The minimum absolute atomic E-state index is 0.307. The van der Waals surface area contributed by atoms with Gasteiger partial charge in [0.15, 0.2) is 0 Å². The molecule has 0 spiro atoms. The Morgan fingerprint density at radius 2 is 1.89 bits per heavy atom. The van der Waals surface area contributed by atoms with Crippen LogP contribution in [0.5, 0.6) is 5.75 Å². The summed E-state index contributed by atoms with van der Waals surface area (Å²) in [5, 5.41) is 31.8. The maximum absolute atomic E-state index is 12.7. The van der Waals surface area contributed by atoms with E-state index in [2.05, 4.69) is 0 Å². The summed E-state index contributed by atoms with van der Waals surface area (Å²) in [5.74, 6) is -1.35. The van der Waals surface area contributed by atoms with Gasteiger partial charge in [-0.05, 0) is 12.8 Å². The Kier molecular flexibility index (Phi) is 5.21. The molecule has 0 saturated carbocycles. The van der Waals surface area contributed by atoms with E-state index in [-0.39, 0.29) is 5.56 Å². The van der Waals surface area contributed by atoms with Crippen LogP contribution in [0.25, 0.3) is 0 Å². The maximum atomic E-state index is 12.7. The molecule has 1 aliphatic carbocycles. The third kappa shape index (κ3) is 3.90. The lowest BCUT2D eigenvalue weighted by Crippen LogP contribution is -2.23. The van der Waals surface area contributed by atoms with Crippen LogP contribution < -0.4 is 0 Å². The van der Waals surface area contributed by atoms with Gasteiger partial charge in [-0.2, -0.15) is 0 Å². The third-order valence-corrected chi connectivity index (χ3v) is 4.17. The zero-order chi connectivity index (χ0) is 20.3. The SMILES string of the molecule is O=C(c1cc([N+](=O)[O-])c(O)c([N+](=O)[O-])c1)N1C=COC(CC2=CC=CCC2)=C1. The molecule has 0 bridgehead atoms. The van der Waals surface area contributed by atoms with E-state index in [0.717, 1.165) is 35.4 Å². The number of carbonyl (C=O) groups is 1. The highest BCUT2D eigenvalue weighted by Gasteiger charge is 2.29. The van der Waals surface area contributed by atoms with E-state index in [0.29, 0.717) is 12.2 Å². The van der Waals surface area contributed by atoms with Gasteiger partial charge in [-0.15, -0.1) is 0 Å². The minimum atomic E-state index is -1.10. The lowest BCUT2D eigenvalue weighted by molar-refractivity contribution is -0.396. The molecule has 1 aliphatic heterocycles. The van der Waals surface area contributed by atoms with Crippen molar-refractivity contribution in [1.82, 2.24) is 4.90 Å². The predicted octanol–water partition coefficient (Wildman–Crippen LogP) is 3.66. The van der Waals surface area contributed by atoms with E-state index in [1.165, 1.54) is 18.7 Å². The number of hydrogen-bond acceptors (Lipinski definition) is 7. The van der Waals surface area contributed by atoms with E-state index < -0.39 is 32.9 Å². The Balaban J connectivity index is 1.90. The molecule has 10 heteroatoms. The smallest absolute Gasteiger partial charge is 0.318 e. The second-order valence-corrected chi connectivity index (χ2v) is 6.06. The van der Waals surface area contributed by atoms with Crippen LogP contribution in [0.15, 0.2) is 60.4 Å². The van der Waals surface area contributed by atoms with Crippen LogP contribution in [-0.2, 0) is 4.74 Å². The number of phenolic OH excluding ortho intramolecular Hbond substituents is 1. The molecule has 2 aliphatic rings. The zero-order valence-electron chi connectivity index (χ0n) is 14.5. The molecule has 1 N–H and O–H groups in total. The Labute approximate surface area is 158 Å². The fraction of sp³-hybridized carbons (Fsp3) is 0.167. The second kappa shape index (κ2) is 7.74. The van der Waals surface area contributed by atoms with Crippen LogP contribution in [0, 0.1) is 20.2 Å². The molecule has 144 valence electrons. The number of phenols is 1. The summed E-state index contributed by atoms with van der Waals surface area (Å²) >= 11 is 0. The van der Waals surface area contributed by atoms with Crippen molar-refractivity contribution in [3.63, 3.8) is 0 Å². The lowest BCUT2D eigenvalue weighted by atomic mass is 10.0. The molecule has 1 amide bonds. The number of benzene rings is 1. The molecule has 28 heavy (non-hydrogen) atoms. The van der Waals surface area contributed by atoms with Crippen LogP contribution in [-0.4, -0.2) is 25.8 Å². The number of amides is 1. The monoisotopic (exact) mass is 385 g/mol. The summed E-state index contributed by atoms with van der Waals surface area (Å²) in [5.41, 5.74) is -1.03. The summed E-state index contributed by atoms with van der Waals surface area (Å²) in [6.07, 6.45) is 12.2. The van der Waals surface area contributed by atoms with Crippen molar-refractivity contribution in [2.75, 3.05) is 0 Å². The van der Waals surface area contributed by atoms with Crippen molar-refractivity contribution in [2.45, 2.75) is 19.3 Å². The number of nitro benzene ring substituents is 2. The normalized spacial score (nSPS) is 15.5. The Hall–Kier alpha value is -3.95. The number of nitrogens with zero attached hydrogens (tertiary/aromatic N) is 3. The number of carbonyl (C=O) groups excluding carboxylic acids is 1. The number of ether oxygens (including phenoxy) is 1. The molecular weight excluding hydrogens is 370 g/mol.